The van der Waals surface area contributed by atoms with Crippen molar-refractivity contribution in [3.63, 3.8) is 0 Å². The second kappa shape index (κ2) is 10.0. The van der Waals surface area contributed by atoms with E-state index in [4.69, 9.17) is 13.8 Å². The molecule has 0 amide bonds. The van der Waals surface area contributed by atoms with E-state index in [0.717, 1.165) is 23.8 Å². The lowest BCUT2D eigenvalue weighted by Crippen LogP contribution is -2.44. The van der Waals surface area contributed by atoms with Crippen LogP contribution in [-0.2, 0) is 9.26 Å². The molecule has 1 unspecified atom stereocenters. The van der Waals surface area contributed by atoms with Crippen molar-refractivity contribution in [2.24, 2.45) is 5.92 Å². The van der Waals surface area contributed by atoms with Gasteiger partial charge in [0.15, 0.2) is 17.6 Å². The number of hydrogen-bond acceptors (Lipinski definition) is 8. The number of rotatable bonds is 9. The van der Waals surface area contributed by atoms with E-state index in [2.05, 4.69) is 5.09 Å². The van der Waals surface area contributed by atoms with E-state index in [1.165, 1.54) is 0 Å². The molecular weight excluding hydrogens is 456 g/mol. The summed E-state index contributed by atoms with van der Waals surface area (Å²) in [5.74, 6) is 0.496. The van der Waals surface area contributed by atoms with Gasteiger partial charge < -0.3 is 9.84 Å². The largest absolute Gasteiger partial charge is 0.544 e. The van der Waals surface area contributed by atoms with E-state index in [0.29, 0.717) is 5.75 Å². The summed E-state index contributed by atoms with van der Waals surface area (Å²) in [4.78, 5) is 36.6. The number of benzene rings is 1. The van der Waals surface area contributed by atoms with Gasteiger partial charge in [-0.1, -0.05) is 32.0 Å². The van der Waals surface area contributed by atoms with Crippen molar-refractivity contribution in [3.05, 3.63) is 63.4 Å². The van der Waals surface area contributed by atoms with Crippen LogP contribution in [0, 0.1) is 5.92 Å². The third-order valence-electron chi connectivity index (χ3n) is 5.57. The topological polar surface area (TPSA) is 135 Å². The number of para-hydroxylation sites is 1. The second-order valence-corrected chi connectivity index (χ2v) is 10.3. The number of aromatic nitrogens is 2. The van der Waals surface area contributed by atoms with Gasteiger partial charge >= 0.3 is 13.8 Å². The molecular formula is C21H30FN3O7P+. The minimum atomic E-state index is -3.71. The Bertz CT molecular complexity index is 1050. The molecule has 0 radical (unpaired) electrons. The highest BCUT2D eigenvalue weighted by molar-refractivity contribution is 7.58. The third-order valence-corrected chi connectivity index (χ3v) is 7.26. The molecule has 1 saturated heterocycles. The smallest absolute Gasteiger partial charge is 0.387 e. The maximum Gasteiger partial charge on any atom is 0.544 e. The number of halogens is 1. The molecule has 10 nitrogen and oxygen atoms in total. The van der Waals surface area contributed by atoms with Gasteiger partial charge in [-0.15, -0.1) is 5.09 Å². The van der Waals surface area contributed by atoms with Crippen LogP contribution in [0.4, 0.5) is 4.39 Å². The number of aromatic amines is 1. The van der Waals surface area contributed by atoms with Crippen LogP contribution in [-0.4, -0.2) is 50.1 Å². The molecule has 12 heteroatoms. The zero-order valence-electron chi connectivity index (χ0n) is 18.8. The molecule has 1 aliphatic rings. The third kappa shape index (κ3) is 5.87. The van der Waals surface area contributed by atoms with Gasteiger partial charge in [0.2, 0.25) is 0 Å². The first-order valence-corrected chi connectivity index (χ1v) is 12.1. The second-order valence-electron chi connectivity index (χ2n) is 8.52. The molecule has 1 fully saturated rings. The molecule has 0 spiro atoms. The van der Waals surface area contributed by atoms with Gasteiger partial charge in [0.05, 0.1) is 0 Å². The van der Waals surface area contributed by atoms with Crippen molar-refractivity contribution in [3.8, 4) is 5.75 Å². The van der Waals surface area contributed by atoms with E-state index in [9.17, 15) is 19.6 Å². The maximum absolute atomic E-state index is 15.4. The minimum Gasteiger partial charge on any atom is -0.387 e. The lowest BCUT2D eigenvalue weighted by Gasteiger charge is -2.25. The highest BCUT2D eigenvalue weighted by atomic mass is 31.2. The van der Waals surface area contributed by atoms with E-state index in [1.807, 2.05) is 25.8 Å². The van der Waals surface area contributed by atoms with Crippen molar-refractivity contribution in [2.75, 3.05) is 6.61 Å². The van der Waals surface area contributed by atoms with E-state index in [1.54, 1.807) is 30.3 Å². The van der Waals surface area contributed by atoms with Crippen LogP contribution in [0.15, 0.2) is 52.2 Å². The fourth-order valence-electron chi connectivity index (χ4n) is 3.26. The van der Waals surface area contributed by atoms with Crippen molar-refractivity contribution in [2.45, 2.75) is 57.8 Å². The summed E-state index contributed by atoms with van der Waals surface area (Å²) in [5, 5.41) is 13.5. The van der Waals surface area contributed by atoms with Gasteiger partial charge in [-0.25, -0.2) is 9.18 Å². The van der Waals surface area contributed by atoms with Crippen LogP contribution in [0.2, 0.25) is 0 Å². The average Bonchev–Trinajstić information content (AvgIpc) is 2.96. The monoisotopic (exact) mass is 486 g/mol. The van der Waals surface area contributed by atoms with Crippen LogP contribution in [0.5, 0.6) is 5.75 Å². The van der Waals surface area contributed by atoms with Gasteiger partial charge in [0.1, 0.15) is 18.8 Å². The highest BCUT2D eigenvalue weighted by Crippen LogP contribution is 2.54. The molecule has 0 saturated carbocycles. The number of hydrogen-bond donors (Lipinski definition) is 4. The van der Waals surface area contributed by atoms with Crippen LogP contribution in [0.1, 0.15) is 33.9 Å². The Morgan fingerprint density at radius 3 is 2.55 bits per heavy atom. The molecule has 182 valence electrons. The fourth-order valence-corrected chi connectivity index (χ4v) is 5.01. The summed E-state index contributed by atoms with van der Waals surface area (Å²) >= 11 is 0. The molecule has 1 aromatic carbocycles. The number of H-pyrrole nitrogens is 1. The lowest BCUT2D eigenvalue weighted by molar-refractivity contribution is -0.0602. The van der Waals surface area contributed by atoms with Gasteiger partial charge in [0, 0.05) is 18.3 Å². The van der Waals surface area contributed by atoms with Crippen molar-refractivity contribution in [1.82, 2.24) is 14.6 Å². The first-order chi connectivity index (χ1) is 15.4. The molecule has 0 bridgehead atoms. The highest BCUT2D eigenvalue weighted by Gasteiger charge is 2.57. The Labute approximate surface area is 191 Å². The molecule has 1 aromatic heterocycles. The van der Waals surface area contributed by atoms with E-state index in [-0.39, 0.29) is 12.0 Å². The summed E-state index contributed by atoms with van der Waals surface area (Å²) < 4.78 is 33.2. The Morgan fingerprint density at radius 2 is 1.94 bits per heavy atom. The summed E-state index contributed by atoms with van der Waals surface area (Å²) in [7, 11) is -3.71. The number of aliphatic hydroxyl groups excluding tert-OH is 1. The molecule has 1 aliphatic heterocycles. The van der Waals surface area contributed by atoms with Crippen molar-refractivity contribution >= 4 is 8.09 Å². The quantitative estimate of drug-likeness (QED) is 0.395. The number of ether oxygens (including phenoxy) is 1. The molecule has 33 heavy (non-hydrogen) atoms. The van der Waals surface area contributed by atoms with Crippen LogP contribution in [0.3, 0.4) is 0 Å². The van der Waals surface area contributed by atoms with E-state index < -0.39 is 50.1 Å². The SMILES string of the molecule is CC(C)[C@H](C)N[P+](O)(OC[C@H]1O[C@@H](n2ccc(=O)[nH]c2=O)[C@](C)(F)[C@@H]1O)Oc1ccccc1. The van der Waals surface area contributed by atoms with Crippen molar-refractivity contribution in [1.29, 1.82) is 0 Å². The zero-order valence-corrected chi connectivity index (χ0v) is 19.7. The first kappa shape index (κ1) is 25.5. The van der Waals surface area contributed by atoms with Gasteiger partial charge in [-0.05, 0) is 31.9 Å². The summed E-state index contributed by atoms with van der Waals surface area (Å²) in [6, 6.07) is 9.40. The minimum absolute atomic E-state index is 0.137. The summed E-state index contributed by atoms with van der Waals surface area (Å²) in [6.45, 7) is 6.42. The standard InChI is InChI=1S/C21H29FN3O7P/c1-13(2)14(3)24-33(29,32-15-8-6-5-7-9-15)30-12-16-18(27)21(4,22)19(31-16)25-11-10-17(26)23-20(25)28/h5-11,13-14,16,18-19,24,27,29H,12H2,1-4H3/p+1/t14-,16+,18+,19+,21+,33?/m0/s1. The Kier molecular flexibility index (Phi) is 7.73. The summed E-state index contributed by atoms with van der Waals surface area (Å²) in [6.07, 6.45) is -3.35. The van der Waals surface area contributed by atoms with Gasteiger partial charge in [-0.2, -0.15) is 9.42 Å². The van der Waals surface area contributed by atoms with Crippen LogP contribution >= 0.6 is 8.09 Å². The number of nitrogens with zero attached hydrogens (tertiary/aromatic N) is 1. The number of aliphatic hydroxyl groups is 1. The molecule has 4 N–H and O–H groups in total. The van der Waals surface area contributed by atoms with Crippen LogP contribution in [0.25, 0.3) is 0 Å². The number of alkyl halides is 1. The molecule has 2 heterocycles. The maximum atomic E-state index is 15.4. The fraction of sp³-hybridized carbons (Fsp3) is 0.524. The molecule has 3 rings (SSSR count). The van der Waals surface area contributed by atoms with Crippen LogP contribution < -0.4 is 20.9 Å². The van der Waals surface area contributed by atoms with Crippen molar-refractivity contribution < 1.29 is 28.2 Å². The Balaban J connectivity index is 1.79. The average molecular weight is 486 g/mol. The molecule has 6 atom stereocenters. The lowest BCUT2D eigenvalue weighted by atomic mass is 9.98. The normalized spacial score (nSPS) is 27.9. The molecule has 0 aliphatic carbocycles. The number of nitrogens with one attached hydrogen (secondary N) is 2. The predicted octanol–water partition coefficient (Wildman–Crippen LogP) is 1.92. The first-order valence-electron chi connectivity index (χ1n) is 10.6. The Morgan fingerprint density at radius 1 is 1.27 bits per heavy atom. The van der Waals surface area contributed by atoms with Gasteiger partial charge in [-0.3, -0.25) is 18.9 Å². The van der Waals surface area contributed by atoms with E-state index >= 15 is 4.39 Å². The van der Waals surface area contributed by atoms with Gasteiger partial charge in [0.25, 0.3) is 5.56 Å². The predicted molar refractivity (Wildman–Crippen MR) is 120 cm³/mol. The zero-order chi connectivity index (χ0) is 24.4. The Hall–Kier alpha value is -2.14. The molecule has 2 aromatic rings. The summed E-state index contributed by atoms with van der Waals surface area (Å²) in [5.41, 5.74) is -3.91.